The van der Waals surface area contributed by atoms with Crippen molar-refractivity contribution in [2.24, 2.45) is 0 Å². The van der Waals surface area contributed by atoms with Gasteiger partial charge in [0.1, 0.15) is 5.15 Å². The van der Waals surface area contributed by atoms with Gasteiger partial charge in [-0.2, -0.15) is 0 Å². The van der Waals surface area contributed by atoms with Gasteiger partial charge in [-0.05, 0) is 6.42 Å². The van der Waals surface area contributed by atoms with Gasteiger partial charge < -0.3 is 4.74 Å². The highest BCUT2D eigenvalue weighted by Crippen LogP contribution is 2.07. The van der Waals surface area contributed by atoms with Crippen LogP contribution in [0.1, 0.15) is 18.9 Å². The molecule has 0 unspecified atom stereocenters. The summed E-state index contributed by atoms with van der Waals surface area (Å²) in [5.41, 5.74) is -0.362. The molecule has 0 amide bonds. The Kier molecular flexibility index (Phi) is 4.76. The van der Waals surface area contributed by atoms with Crippen LogP contribution in [-0.2, 0) is 17.7 Å². The number of methoxy groups -OCH3 is 1. The van der Waals surface area contributed by atoms with Gasteiger partial charge in [0.25, 0.3) is 5.56 Å². The van der Waals surface area contributed by atoms with Gasteiger partial charge in [0.15, 0.2) is 0 Å². The molecular formula is C10H15ClN2O3. The molecule has 6 heteroatoms. The summed E-state index contributed by atoms with van der Waals surface area (Å²) >= 11 is 5.82. The highest BCUT2D eigenvalue weighted by Gasteiger charge is 2.11. The summed E-state index contributed by atoms with van der Waals surface area (Å²) in [6, 6.07) is 0. The zero-order valence-electron chi connectivity index (χ0n) is 9.38. The lowest BCUT2D eigenvalue weighted by Crippen LogP contribution is -2.38. The quantitative estimate of drug-likeness (QED) is 0.782. The molecule has 0 spiro atoms. The maximum atomic E-state index is 11.9. The minimum Gasteiger partial charge on any atom is -0.383 e. The molecule has 1 aromatic rings. The molecule has 1 rings (SSSR count). The van der Waals surface area contributed by atoms with Crippen molar-refractivity contribution in [3.05, 3.63) is 31.6 Å². The smallest absolute Gasteiger partial charge is 0.329 e. The Morgan fingerprint density at radius 2 is 2.12 bits per heavy atom. The number of aromatic nitrogens is 2. The molecule has 0 aromatic carbocycles. The molecule has 1 heterocycles. The van der Waals surface area contributed by atoms with Gasteiger partial charge in [0.05, 0.1) is 18.7 Å². The lowest BCUT2D eigenvalue weighted by atomic mass is 10.2. The zero-order chi connectivity index (χ0) is 12.1. The maximum Gasteiger partial charge on any atom is 0.329 e. The van der Waals surface area contributed by atoms with E-state index >= 15 is 0 Å². The van der Waals surface area contributed by atoms with Crippen molar-refractivity contribution in [3.63, 3.8) is 0 Å². The molecule has 5 nitrogen and oxygen atoms in total. The number of nitrogens with zero attached hydrogens (tertiary/aromatic N) is 1. The average molecular weight is 247 g/mol. The predicted molar refractivity (Wildman–Crippen MR) is 62.2 cm³/mol. The van der Waals surface area contributed by atoms with Crippen molar-refractivity contribution in [1.82, 2.24) is 9.55 Å². The van der Waals surface area contributed by atoms with E-state index in [4.69, 9.17) is 16.3 Å². The Balaban J connectivity index is 3.22. The van der Waals surface area contributed by atoms with E-state index in [1.54, 1.807) is 0 Å². The molecule has 0 bridgehead atoms. The normalized spacial score (nSPS) is 10.7. The zero-order valence-corrected chi connectivity index (χ0v) is 10.1. The highest BCUT2D eigenvalue weighted by molar-refractivity contribution is 6.30. The van der Waals surface area contributed by atoms with Crippen LogP contribution in [-0.4, -0.2) is 23.3 Å². The Hall–Kier alpha value is -1.07. The first-order valence-corrected chi connectivity index (χ1v) is 5.50. The second kappa shape index (κ2) is 5.86. The fraction of sp³-hybridized carbons (Fsp3) is 0.600. The summed E-state index contributed by atoms with van der Waals surface area (Å²) in [6.45, 7) is 2.50. The standard InChI is InChI=1S/C10H15ClN2O3/c1-3-4-7-8(11)12-10(15)13(9(7)14)5-6-16-2/h3-6H2,1-2H3,(H,12,15). The van der Waals surface area contributed by atoms with E-state index in [0.717, 1.165) is 11.0 Å². The topological polar surface area (TPSA) is 64.1 Å². The number of ether oxygens (including phenoxy) is 1. The van der Waals surface area contributed by atoms with E-state index in [1.165, 1.54) is 7.11 Å². The molecule has 0 aliphatic heterocycles. The van der Waals surface area contributed by atoms with Crippen molar-refractivity contribution in [3.8, 4) is 0 Å². The molecule has 90 valence electrons. The third kappa shape index (κ3) is 2.74. The van der Waals surface area contributed by atoms with E-state index in [-0.39, 0.29) is 17.3 Å². The Morgan fingerprint density at radius 3 is 2.69 bits per heavy atom. The van der Waals surface area contributed by atoms with Crippen molar-refractivity contribution in [2.75, 3.05) is 13.7 Å². The summed E-state index contributed by atoms with van der Waals surface area (Å²) in [4.78, 5) is 25.9. The van der Waals surface area contributed by atoms with Crippen molar-refractivity contribution in [2.45, 2.75) is 26.3 Å². The summed E-state index contributed by atoms with van der Waals surface area (Å²) in [6.07, 6.45) is 1.35. The van der Waals surface area contributed by atoms with Crippen LogP contribution in [0.2, 0.25) is 5.15 Å². The van der Waals surface area contributed by atoms with E-state index in [2.05, 4.69) is 4.98 Å². The van der Waals surface area contributed by atoms with Crippen LogP contribution >= 0.6 is 11.6 Å². The fourth-order valence-corrected chi connectivity index (χ4v) is 1.69. The minimum absolute atomic E-state index is 0.144. The van der Waals surface area contributed by atoms with Crippen molar-refractivity contribution in [1.29, 1.82) is 0 Å². The van der Waals surface area contributed by atoms with Gasteiger partial charge >= 0.3 is 5.69 Å². The maximum absolute atomic E-state index is 11.9. The lowest BCUT2D eigenvalue weighted by molar-refractivity contribution is 0.184. The van der Waals surface area contributed by atoms with Crippen LogP contribution in [0.3, 0.4) is 0 Å². The number of aromatic amines is 1. The molecule has 0 fully saturated rings. The minimum atomic E-state index is -0.494. The second-order valence-electron chi connectivity index (χ2n) is 3.42. The highest BCUT2D eigenvalue weighted by atomic mass is 35.5. The summed E-state index contributed by atoms with van der Waals surface area (Å²) < 4.78 is 5.95. The summed E-state index contributed by atoms with van der Waals surface area (Å²) in [5.74, 6) is 0. The van der Waals surface area contributed by atoms with Crippen LogP contribution in [0.4, 0.5) is 0 Å². The summed E-state index contributed by atoms with van der Waals surface area (Å²) in [7, 11) is 1.52. The molecule has 0 aliphatic carbocycles. The molecule has 0 radical (unpaired) electrons. The monoisotopic (exact) mass is 246 g/mol. The predicted octanol–water partition coefficient (Wildman–Crippen LogP) is 0.789. The molecule has 0 saturated carbocycles. The van der Waals surface area contributed by atoms with Gasteiger partial charge in [0, 0.05) is 7.11 Å². The molecule has 0 aliphatic rings. The van der Waals surface area contributed by atoms with Gasteiger partial charge in [-0.3, -0.25) is 14.3 Å². The molecule has 0 atom stereocenters. The van der Waals surface area contributed by atoms with E-state index in [0.29, 0.717) is 18.6 Å². The average Bonchev–Trinajstić information content (AvgIpc) is 2.24. The third-order valence-corrected chi connectivity index (χ3v) is 2.57. The number of hydrogen-bond acceptors (Lipinski definition) is 3. The third-order valence-electron chi connectivity index (χ3n) is 2.25. The number of rotatable bonds is 5. The first kappa shape index (κ1) is 13.0. The molecule has 0 saturated heterocycles. The Morgan fingerprint density at radius 1 is 1.44 bits per heavy atom. The van der Waals surface area contributed by atoms with Crippen LogP contribution in [0.15, 0.2) is 9.59 Å². The fourth-order valence-electron chi connectivity index (χ4n) is 1.44. The van der Waals surface area contributed by atoms with E-state index < -0.39 is 5.69 Å². The van der Waals surface area contributed by atoms with Gasteiger partial charge in [-0.1, -0.05) is 24.9 Å². The number of nitrogens with one attached hydrogen (secondary N) is 1. The molecule has 16 heavy (non-hydrogen) atoms. The number of halogens is 1. The van der Waals surface area contributed by atoms with Crippen molar-refractivity contribution >= 4 is 11.6 Å². The molecular weight excluding hydrogens is 232 g/mol. The largest absolute Gasteiger partial charge is 0.383 e. The van der Waals surface area contributed by atoms with Gasteiger partial charge in [-0.15, -0.1) is 0 Å². The first-order valence-electron chi connectivity index (χ1n) is 5.12. The second-order valence-corrected chi connectivity index (χ2v) is 3.80. The van der Waals surface area contributed by atoms with Crippen LogP contribution in [0, 0.1) is 0 Å². The SMILES string of the molecule is CCCc1c(Cl)[nH]c(=O)n(CCOC)c1=O. The Labute approximate surface area is 98.0 Å². The van der Waals surface area contributed by atoms with Crippen LogP contribution in [0.25, 0.3) is 0 Å². The number of H-pyrrole nitrogens is 1. The van der Waals surface area contributed by atoms with E-state index in [9.17, 15) is 9.59 Å². The number of hydrogen-bond donors (Lipinski definition) is 1. The Bertz CT molecular complexity index is 464. The first-order chi connectivity index (χ1) is 7.61. The van der Waals surface area contributed by atoms with Crippen LogP contribution < -0.4 is 11.2 Å². The van der Waals surface area contributed by atoms with E-state index in [1.807, 2.05) is 6.92 Å². The summed E-state index contributed by atoms with van der Waals surface area (Å²) in [5, 5.41) is 0.144. The van der Waals surface area contributed by atoms with Crippen molar-refractivity contribution < 1.29 is 4.74 Å². The van der Waals surface area contributed by atoms with Gasteiger partial charge in [-0.25, -0.2) is 4.79 Å². The van der Waals surface area contributed by atoms with Crippen LogP contribution in [0.5, 0.6) is 0 Å². The lowest BCUT2D eigenvalue weighted by Gasteiger charge is -2.07. The molecule has 1 N–H and O–H groups in total. The van der Waals surface area contributed by atoms with Gasteiger partial charge in [0.2, 0.25) is 0 Å². The molecule has 1 aromatic heterocycles.